The molecule has 0 spiro atoms. The largest absolute Gasteiger partial charge is 0.379 e. The summed E-state index contributed by atoms with van der Waals surface area (Å²) in [6.45, 7) is 2.40. The second-order valence-corrected chi connectivity index (χ2v) is 9.80. The molecule has 0 saturated carbocycles. The number of nitrogens with zero attached hydrogens (tertiary/aromatic N) is 1. The van der Waals surface area contributed by atoms with Crippen LogP contribution in [-0.2, 0) is 20.3 Å². The number of fused-ring (bicyclic) bond motifs is 1. The molecule has 1 atom stereocenters. The Bertz CT molecular complexity index is 1070. The van der Waals surface area contributed by atoms with Crippen LogP contribution in [0.5, 0.6) is 0 Å². The van der Waals surface area contributed by atoms with E-state index in [9.17, 15) is 17.9 Å². The molecule has 1 aromatic heterocycles. The molecule has 4 rings (SSSR count). The molecule has 5 nitrogen and oxygen atoms in total. The average Bonchev–Trinajstić information content (AvgIpc) is 3.14. The van der Waals surface area contributed by atoms with Gasteiger partial charge in [-0.1, -0.05) is 18.2 Å². The summed E-state index contributed by atoms with van der Waals surface area (Å²) in [6.07, 6.45) is -0.783. The molecular weight excluding hydrogens is 401 g/mol. The highest BCUT2D eigenvalue weighted by Gasteiger charge is 2.25. The first-order chi connectivity index (χ1) is 13.4. The monoisotopic (exact) mass is 421 g/mol. The van der Waals surface area contributed by atoms with E-state index in [0.29, 0.717) is 42.1 Å². The zero-order chi connectivity index (χ0) is 19.7. The summed E-state index contributed by atoms with van der Waals surface area (Å²) in [4.78, 5) is 2.85. The molecular formula is C20H20FNO4S2. The van der Waals surface area contributed by atoms with E-state index in [1.54, 1.807) is 18.2 Å². The Kier molecular flexibility index (Phi) is 5.48. The maximum atomic E-state index is 13.1. The van der Waals surface area contributed by atoms with Crippen molar-refractivity contribution in [2.45, 2.75) is 16.9 Å². The molecule has 0 amide bonds. The van der Waals surface area contributed by atoms with Crippen LogP contribution in [0.3, 0.4) is 0 Å². The van der Waals surface area contributed by atoms with Gasteiger partial charge in [-0.3, -0.25) is 4.90 Å². The van der Waals surface area contributed by atoms with E-state index in [0.717, 1.165) is 4.70 Å². The zero-order valence-electron chi connectivity index (χ0n) is 15.0. The number of thiophene rings is 1. The predicted molar refractivity (Wildman–Crippen MR) is 106 cm³/mol. The highest BCUT2D eigenvalue weighted by molar-refractivity contribution is 7.91. The van der Waals surface area contributed by atoms with Gasteiger partial charge in [0.1, 0.15) is 12.0 Å². The Morgan fingerprint density at radius 2 is 1.86 bits per heavy atom. The van der Waals surface area contributed by atoms with Gasteiger partial charge in [0.25, 0.3) is 0 Å². The van der Waals surface area contributed by atoms with Gasteiger partial charge >= 0.3 is 0 Å². The first kappa shape index (κ1) is 19.5. The minimum Gasteiger partial charge on any atom is -0.379 e. The normalized spacial score (nSPS) is 17.1. The van der Waals surface area contributed by atoms with Crippen LogP contribution >= 0.6 is 11.3 Å². The molecule has 148 valence electrons. The lowest BCUT2D eigenvalue weighted by atomic mass is 10.2. The van der Waals surface area contributed by atoms with Gasteiger partial charge < -0.3 is 9.84 Å². The summed E-state index contributed by atoms with van der Waals surface area (Å²) in [7, 11) is -3.62. The number of benzene rings is 2. The third-order valence-corrected chi connectivity index (χ3v) is 7.67. The first-order valence-corrected chi connectivity index (χ1v) is 11.4. The molecule has 2 aromatic carbocycles. The van der Waals surface area contributed by atoms with Crippen LogP contribution in [-0.4, -0.2) is 44.7 Å². The van der Waals surface area contributed by atoms with Crippen molar-refractivity contribution in [3.8, 4) is 0 Å². The molecule has 8 heteroatoms. The summed E-state index contributed by atoms with van der Waals surface area (Å²) in [5, 5.41) is 11.3. The van der Waals surface area contributed by atoms with Gasteiger partial charge in [-0.2, -0.15) is 0 Å². The second-order valence-electron chi connectivity index (χ2n) is 6.72. The molecule has 1 aliphatic rings. The van der Waals surface area contributed by atoms with Crippen molar-refractivity contribution in [3.05, 3.63) is 64.8 Å². The predicted octanol–water partition coefficient (Wildman–Crippen LogP) is 3.34. The number of rotatable bonds is 5. The number of sulfone groups is 1. The molecule has 1 aliphatic heterocycles. The fraction of sp³-hybridized carbons (Fsp3) is 0.300. The molecule has 1 N–H and O–H groups in total. The van der Waals surface area contributed by atoms with Crippen molar-refractivity contribution >= 4 is 31.3 Å². The lowest BCUT2D eigenvalue weighted by Crippen LogP contribution is -2.38. The van der Waals surface area contributed by atoms with Crippen LogP contribution in [0.4, 0.5) is 4.39 Å². The Hall–Kier alpha value is -1.84. The standard InChI is InChI=1S/C20H20FNO4S2/c21-15-6-4-14(5-7-15)13-28(24,25)19-3-1-2-17-16(19)12-18(27-17)20(23)22-8-10-26-11-9-22/h1-7,12,20,23H,8-11,13H2. The van der Waals surface area contributed by atoms with E-state index >= 15 is 0 Å². The number of ether oxygens (including phenoxy) is 1. The third kappa shape index (κ3) is 3.97. The lowest BCUT2D eigenvalue weighted by Gasteiger charge is -2.30. The topological polar surface area (TPSA) is 66.8 Å². The van der Waals surface area contributed by atoms with E-state index in [2.05, 4.69) is 0 Å². The number of aliphatic hydroxyl groups is 1. The van der Waals surface area contributed by atoms with E-state index < -0.39 is 21.9 Å². The minimum atomic E-state index is -3.62. The molecule has 0 aliphatic carbocycles. The Labute approximate surface area is 166 Å². The SMILES string of the molecule is O=S(=O)(Cc1ccc(F)cc1)c1cccc2sc(C(O)N3CCOCC3)cc12. The van der Waals surface area contributed by atoms with Crippen molar-refractivity contribution in [1.82, 2.24) is 4.90 Å². The van der Waals surface area contributed by atoms with Gasteiger partial charge in [-0.05, 0) is 35.9 Å². The highest BCUT2D eigenvalue weighted by Crippen LogP contribution is 2.36. The molecule has 1 unspecified atom stereocenters. The van der Waals surface area contributed by atoms with Crippen molar-refractivity contribution < 1.29 is 22.7 Å². The summed E-state index contributed by atoms with van der Waals surface area (Å²) in [6, 6.07) is 12.4. The maximum Gasteiger partial charge on any atom is 0.183 e. The molecule has 28 heavy (non-hydrogen) atoms. The summed E-state index contributed by atoms with van der Waals surface area (Å²) < 4.78 is 45.2. The Morgan fingerprint density at radius 3 is 2.57 bits per heavy atom. The van der Waals surface area contributed by atoms with Crippen molar-refractivity contribution in [2.24, 2.45) is 0 Å². The number of aliphatic hydroxyl groups excluding tert-OH is 1. The van der Waals surface area contributed by atoms with Crippen LogP contribution in [0.1, 0.15) is 16.7 Å². The summed E-state index contributed by atoms with van der Waals surface area (Å²) in [5.74, 6) is -0.605. The fourth-order valence-electron chi connectivity index (χ4n) is 3.33. The minimum absolute atomic E-state index is 0.205. The van der Waals surface area contributed by atoms with Crippen molar-refractivity contribution in [1.29, 1.82) is 0 Å². The Morgan fingerprint density at radius 1 is 1.14 bits per heavy atom. The third-order valence-electron chi connectivity index (χ3n) is 4.79. The Balaban J connectivity index is 1.67. The number of halogens is 1. The number of hydrogen-bond acceptors (Lipinski definition) is 6. The van der Waals surface area contributed by atoms with E-state index in [-0.39, 0.29) is 10.6 Å². The van der Waals surface area contributed by atoms with Gasteiger partial charge in [0, 0.05) is 28.1 Å². The van der Waals surface area contributed by atoms with Gasteiger partial charge in [0.05, 0.1) is 23.9 Å². The average molecular weight is 422 g/mol. The van der Waals surface area contributed by atoms with E-state index in [1.165, 1.54) is 35.6 Å². The molecule has 2 heterocycles. The first-order valence-electron chi connectivity index (χ1n) is 8.93. The fourth-order valence-corrected chi connectivity index (χ4v) is 6.08. The van der Waals surface area contributed by atoms with Crippen molar-refractivity contribution in [2.75, 3.05) is 26.3 Å². The van der Waals surface area contributed by atoms with E-state index in [1.807, 2.05) is 11.0 Å². The van der Waals surface area contributed by atoms with Crippen LogP contribution in [0, 0.1) is 5.82 Å². The van der Waals surface area contributed by atoms with Gasteiger partial charge in [-0.25, -0.2) is 12.8 Å². The van der Waals surface area contributed by atoms with Gasteiger partial charge in [0.15, 0.2) is 9.84 Å². The highest BCUT2D eigenvalue weighted by atomic mass is 32.2. The quantitative estimate of drug-likeness (QED) is 0.685. The molecule has 0 radical (unpaired) electrons. The molecule has 1 saturated heterocycles. The molecule has 1 fully saturated rings. The van der Waals surface area contributed by atoms with Crippen LogP contribution in [0.2, 0.25) is 0 Å². The van der Waals surface area contributed by atoms with Crippen LogP contribution in [0.25, 0.3) is 10.1 Å². The van der Waals surface area contributed by atoms with Crippen molar-refractivity contribution in [3.63, 3.8) is 0 Å². The maximum absolute atomic E-state index is 13.1. The lowest BCUT2D eigenvalue weighted by molar-refractivity contribution is -0.0586. The second kappa shape index (κ2) is 7.88. The summed E-state index contributed by atoms with van der Waals surface area (Å²) >= 11 is 1.39. The smallest absolute Gasteiger partial charge is 0.183 e. The molecule has 3 aromatic rings. The van der Waals surface area contributed by atoms with E-state index in [4.69, 9.17) is 4.74 Å². The summed E-state index contributed by atoms with van der Waals surface area (Å²) in [5.41, 5.74) is 0.530. The molecule has 0 bridgehead atoms. The van der Waals surface area contributed by atoms with Gasteiger partial charge in [-0.15, -0.1) is 11.3 Å². The van der Waals surface area contributed by atoms with Gasteiger partial charge in [0.2, 0.25) is 0 Å². The zero-order valence-corrected chi connectivity index (χ0v) is 16.7. The van der Waals surface area contributed by atoms with Crippen LogP contribution < -0.4 is 0 Å². The number of hydrogen-bond donors (Lipinski definition) is 1. The number of morpholine rings is 1. The van der Waals surface area contributed by atoms with Crippen LogP contribution in [0.15, 0.2) is 53.4 Å².